The molecule has 9 heteroatoms. The molecule has 1 atom stereocenters. The number of hydrogen-bond acceptors (Lipinski definition) is 8. The lowest BCUT2D eigenvalue weighted by Crippen LogP contribution is -2.51. The molecule has 1 saturated heterocycles. The van der Waals surface area contributed by atoms with Crippen LogP contribution in [0.1, 0.15) is 15.2 Å². The summed E-state index contributed by atoms with van der Waals surface area (Å²) in [7, 11) is 1.62. The summed E-state index contributed by atoms with van der Waals surface area (Å²) in [6.45, 7) is 0. The standard InChI is InChI=1S/C29H21N3O3S3/c1-35-23-16-14-20(15-17-23)19-25-28(34)31(21-9-4-2-5-10-21)29(37-25)32(22-11-6-3-7-12-22)30-27(38-29)26(33)24-13-8-18-36-24/h2-19H,1H3/b25-19-. The lowest BCUT2D eigenvalue weighted by molar-refractivity contribution is -0.114. The van der Waals surface area contributed by atoms with Crippen molar-refractivity contribution < 1.29 is 14.3 Å². The van der Waals surface area contributed by atoms with E-state index in [1.165, 1.54) is 34.9 Å². The SMILES string of the molecule is COc1ccc(/C=C2\SC3(SC(C(=O)c4cccs4)=NN3c3ccccc3)N(c3ccccc3)C2=O)cc1. The summed E-state index contributed by atoms with van der Waals surface area (Å²) in [5.41, 5.74) is 2.37. The molecule has 4 aromatic rings. The highest BCUT2D eigenvalue weighted by atomic mass is 32.2. The van der Waals surface area contributed by atoms with Gasteiger partial charge in [0.2, 0.25) is 10.1 Å². The van der Waals surface area contributed by atoms with Crippen molar-refractivity contribution in [1.82, 2.24) is 0 Å². The van der Waals surface area contributed by atoms with Gasteiger partial charge in [-0.25, -0.2) is 5.01 Å². The highest BCUT2D eigenvalue weighted by molar-refractivity contribution is 8.29. The highest BCUT2D eigenvalue weighted by Gasteiger charge is 2.60. The van der Waals surface area contributed by atoms with Gasteiger partial charge < -0.3 is 4.74 Å². The number of ether oxygens (including phenoxy) is 1. The molecule has 38 heavy (non-hydrogen) atoms. The zero-order valence-corrected chi connectivity index (χ0v) is 22.6. The Morgan fingerprint density at radius 2 is 1.55 bits per heavy atom. The summed E-state index contributed by atoms with van der Waals surface area (Å²) in [5, 5.41) is 8.84. The molecule has 1 amide bonds. The van der Waals surface area contributed by atoms with Crippen molar-refractivity contribution in [3.8, 4) is 5.75 Å². The van der Waals surface area contributed by atoms with E-state index >= 15 is 0 Å². The zero-order chi connectivity index (χ0) is 26.1. The monoisotopic (exact) mass is 555 g/mol. The first-order valence-electron chi connectivity index (χ1n) is 11.7. The van der Waals surface area contributed by atoms with Crippen molar-refractivity contribution in [3.63, 3.8) is 0 Å². The van der Waals surface area contributed by atoms with Crippen LogP contribution in [0.15, 0.2) is 112 Å². The lowest BCUT2D eigenvalue weighted by atomic mass is 10.2. The summed E-state index contributed by atoms with van der Waals surface area (Å²) in [4.78, 5) is 30.5. The minimum Gasteiger partial charge on any atom is -0.497 e. The molecule has 1 spiro atoms. The van der Waals surface area contributed by atoms with Gasteiger partial charge in [-0.2, -0.15) is 5.10 Å². The minimum absolute atomic E-state index is 0.156. The Morgan fingerprint density at radius 1 is 0.868 bits per heavy atom. The molecule has 3 aromatic carbocycles. The summed E-state index contributed by atoms with van der Waals surface area (Å²) in [5.74, 6) is 0.425. The van der Waals surface area contributed by atoms with E-state index in [0.29, 0.717) is 14.8 Å². The molecule has 2 aliphatic heterocycles. The number of ketones is 1. The highest BCUT2D eigenvalue weighted by Crippen LogP contribution is 2.59. The second-order valence-corrected chi connectivity index (χ2v) is 11.9. The maximum absolute atomic E-state index is 14.1. The molecule has 188 valence electrons. The molecule has 0 saturated carbocycles. The predicted molar refractivity (Wildman–Crippen MR) is 158 cm³/mol. The number of anilines is 2. The van der Waals surface area contributed by atoms with Crippen molar-refractivity contribution in [3.05, 3.63) is 118 Å². The molecule has 6 rings (SSSR count). The van der Waals surface area contributed by atoms with E-state index in [9.17, 15) is 9.59 Å². The molecule has 1 fully saturated rings. The van der Waals surface area contributed by atoms with Gasteiger partial charge in [0.15, 0.2) is 5.04 Å². The Kier molecular flexibility index (Phi) is 6.57. The van der Waals surface area contributed by atoms with Gasteiger partial charge in [-0.1, -0.05) is 66.4 Å². The zero-order valence-electron chi connectivity index (χ0n) is 20.2. The number of hydrazone groups is 1. The smallest absolute Gasteiger partial charge is 0.268 e. The van der Waals surface area contributed by atoms with Crippen molar-refractivity contribution >= 4 is 69.0 Å². The predicted octanol–water partition coefficient (Wildman–Crippen LogP) is 6.94. The average molecular weight is 556 g/mol. The Morgan fingerprint density at radius 3 is 2.18 bits per heavy atom. The summed E-state index contributed by atoms with van der Waals surface area (Å²) in [6, 6.07) is 30.4. The molecule has 2 aliphatic rings. The van der Waals surface area contributed by atoms with E-state index in [2.05, 4.69) is 0 Å². The van der Waals surface area contributed by atoms with Crippen LogP contribution in [0.4, 0.5) is 11.4 Å². The van der Waals surface area contributed by atoms with Crippen LogP contribution in [-0.2, 0) is 4.79 Å². The van der Waals surface area contributed by atoms with Gasteiger partial charge in [-0.15, -0.1) is 11.3 Å². The van der Waals surface area contributed by atoms with Crippen molar-refractivity contribution in [2.75, 3.05) is 17.0 Å². The van der Waals surface area contributed by atoms with Crippen LogP contribution in [0, 0.1) is 0 Å². The van der Waals surface area contributed by atoms with Crippen LogP contribution >= 0.6 is 34.9 Å². The van der Waals surface area contributed by atoms with E-state index in [4.69, 9.17) is 9.84 Å². The number of thioether (sulfide) groups is 2. The largest absolute Gasteiger partial charge is 0.497 e. The number of amides is 1. The molecule has 3 heterocycles. The Balaban J connectivity index is 1.49. The third-order valence-electron chi connectivity index (χ3n) is 6.00. The number of para-hydroxylation sites is 2. The van der Waals surface area contributed by atoms with Crippen LogP contribution in [0.25, 0.3) is 6.08 Å². The molecular formula is C29H21N3O3S3. The van der Waals surface area contributed by atoms with E-state index < -0.39 is 4.33 Å². The number of rotatable bonds is 6. The third-order valence-corrected chi connectivity index (χ3v) is 9.58. The Labute approximate surface area is 232 Å². The molecule has 1 unspecified atom stereocenters. The van der Waals surface area contributed by atoms with E-state index in [-0.39, 0.29) is 11.7 Å². The number of nitrogens with zero attached hydrogens (tertiary/aromatic N) is 3. The molecule has 0 bridgehead atoms. The van der Waals surface area contributed by atoms with E-state index in [0.717, 1.165) is 22.7 Å². The number of benzene rings is 3. The lowest BCUT2D eigenvalue weighted by Gasteiger charge is -2.38. The normalized spacial score (nSPS) is 19.9. The van der Waals surface area contributed by atoms with Crippen molar-refractivity contribution in [2.45, 2.75) is 4.33 Å². The Hall–Kier alpha value is -3.79. The number of Topliss-reactive ketones (excluding diaryl/α,β-unsaturated/α-hetero) is 1. The van der Waals surface area contributed by atoms with Crippen LogP contribution < -0.4 is 14.6 Å². The molecule has 0 N–H and O–H groups in total. The van der Waals surface area contributed by atoms with E-state index in [1.54, 1.807) is 23.1 Å². The van der Waals surface area contributed by atoms with Gasteiger partial charge in [0.25, 0.3) is 5.91 Å². The van der Waals surface area contributed by atoms with Gasteiger partial charge in [-0.3, -0.25) is 14.5 Å². The number of thiophene rings is 1. The molecule has 1 aromatic heterocycles. The molecule has 0 aliphatic carbocycles. The first-order chi connectivity index (χ1) is 18.6. The van der Waals surface area contributed by atoms with Gasteiger partial charge in [0.05, 0.1) is 22.6 Å². The van der Waals surface area contributed by atoms with E-state index in [1.807, 2.05) is 102 Å². The molecule has 6 nitrogen and oxygen atoms in total. The van der Waals surface area contributed by atoms with Crippen molar-refractivity contribution in [1.29, 1.82) is 0 Å². The fourth-order valence-electron chi connectivity index (χ4n) is 4.21. The first kappa shape index (κ1) is 24.5. The first-order valence-corrected chi connectivity index (χ1v) is 14.3. The summed E-state index contributed by atoms with van der Waals surface area (Å²) in [6.07, 6.45) is 1.87. The van der Waals surface area contributed by atoms with Crippen LogP contribution in [0.3, 0.4) is 0 Å². The minimum atomic E-state index is -1.07. The number of carbonyl (C=O) groups is 2. The van der Waals surface area contributed by atoms with Crippen molar-refractivity contribution in [2.24, 2.45) is 5.10 Å². The van der Waals surface area contributed by atoms with Gasteiger partial charge in [-0.05, 0) is 71.2 Å². The quantitative estimate of drug-likeness (QED) is 0.190. The average Bonchev–Trinajstić information content (AvgIpc) is 3.69. The Bertz CT molecular complexity index is 1540. The third kappa shape index (κ3) is 4.32. The van der Waals surface area contributed by atoms with Crippen LogP contribution in [-0.4, -0.2) is 28.2 Å². The maximum atomic E-state index is 14.1. The maximum Gasteiger partial charge on any atom is 0.268 e. The summed E-state index contributed by atoms with van der Waals surface area (Å²) >= 11 is 4.06. The molecule has 0 radical (unpaired) electrons. The van der Waals surface area contributed by atoms with Crippen LogP contribution in [0.2, 0.25) is 0 Å². The number of methoxy groups -OCH3 is 1. The van der Waals surface area contributed by atoms with Gasteiger partial charge >= 0.3 is 0 Å². The van der Waals surface area contributed by atoms with Crippen LogP contribution in [0.5, 0.6) is 5.75 Å². The summed E-state index contributed by atoms with van der Waals surface area (Å²) < 4.78 is 4.21. The number of carbonyl (C=O) groups excluding carboxylic acids is 2. The second-order valence-electron chi connectivity index (χ2n) is 8.37. The molecular weight excluding hydrogens is 535 g/mol. The number of hydrogen-bond donors (Lipinski definition) is 0. The second kappa shape index (κ2) is 10.2. The van der Waals surface area contributed by atoms with Gasteiger partial charge in [0.1, 0.15) is 5.75 Å². The fraction of sp³-hybridized carbons (Fsp3) is 0.0690. The fourth-order valence-corrected chi connectivity index (χ4v) is 7.88. The van der Waals surface area contributed by atoms with Gasteiger partial charge in [0, 0.05) is 5.69 Å². The topological polar surface area (TPSA) is 62.2 Å².